The molecule has 1 atom stereocenters. The molecule has 1 saturated heterocycles. The summed E-state index contributed by atoms with van der Waals surface area (Å²) in [5.41, 5.74) is 4.69. The van der Waals surface area contributed by atoms with E-state index in [0.717, 1.165) is 60.0 Å². The molecular formula is C25H29N3O2. The van der Waals surface area contributed by atoms with Gasteiger partial charge in [-0.2, -0.15) is 0 Å². The molecule has 2 N–H and O–H groups in total. The SMILES string of the molecule is Cc1[nH]c2cccc(C(=O)N3CCCC[C@H]3CCNC(=O)c3ccccc3)c2c1C. The molecule has 3 aromatic rings. The molecule has 5 nitrogen and oxygen atoms in total. The zero-order chi connectivity index (χ0) is 21.1. The zero-order valence-electron chi connectivity index (χ0n) is 17.7. The van der Waals surface area contributed by atoms with Crippen LogP contribution in [0.15, 0.2) is 48.5 Å². The maximum absolute atomic E-state index is 13.5. The van der Waals surface area contributed by atoms with Crippen molar-refractivity contribution in [1.29, 1.82) is 0 Å². The number of aromatic nitrogens is 1. The maximum atomic E-state index is 13.5. The Morgan fingerprint density at radius 2 is 1.87 bits per heavy atom. The van der Waals surface area contributed by atoms with Crippen molar-refractivity contribution in [3.63, 3.8) is 0 Å². The van der Waals surface area contributed by atoms with Crippen molar-refractivity contribution in [2.75, 3.05) is 13.1 Å². The van der Waals surface area contributed by atoms with Gasteiger partial charge in [-0.05, 0) is 69.4 Å². The predicted molar refractivity (Wildman–Crippen MR) is 120 cm³/mol. The molecule has 0 bridgehead atoms. The van der Waals surface area contributed by atoms with Crippen molar-refractivity contribution in [3.05, 3.63) is 70.9 Å². The van der Waals surface area contributed by atoms with E-state index in [9.17, 15) is 9.59 Å². The van der Waals surface area contributed by atoms with E-state index in [0.29, 0.717) is 12.1 Å². The minimum Gasteiger partial charge on any atom is -0.358 e. The minimum atomic E-state index is -0.0625. The highest BCUT2D eigenvalue weighted by atomic mass is 16.2. The Kier molecular flexibility index (Phi) is 5.88. The highest BCUT2D eigenvalue weighted by Gasteiger charge is 2.29. The zero-order valence-corrected chi connectivity index (χ0v) is 17.7. The van der Waals surface area contributed by atoms with Crippen LogP contribution in [0.3, 0.4) is 0 Å². The molecule has 2 aromatic carbocycles. The van der Waals surface area contributed by atoms with E-state index < -0.39 is 0 Å². The smallest absolute Gasteiger partial charge is 0.254 e. The number of H-pyrrole nitrogens is 1. The largest absolute Gasteiger partial charge is 0.358 e. The molecule has 4 rings (SSSR count). The maximum Gasteiger partial charge on any atom is 0.254 e. The fourth-order valence-corrected chi connectivity index (χ4v) is 4.49. The van der Waals surface area contributed by atoms with E-state index >= 15 is 0 Å². The number of aryl methyl sites for hydroxylation is 2. The van der Waals surface area contributed by atoms with Gasteiger partial charge in [0.25, 0.3) is 11.8 Å². The Morgan fingerprint density at radius 1 is 1.07 bits per heavy atom. The predicted octanol–water partition coefficient (Wildman–Crippen LogP) is 4.60. The standard InChI is InChI=1S/C25H29N3O2/c1-17-18(2)27-22-13-8-12-21(23(17)22)25(30)28-16-7-6-11-20(28)14-15-26-24(29)19-9-4-3-5-10-19/h3-5,8-10,12-13,20,27H,6-7,11,14-16H2,1-2H3,(H,26,29)/t20-/m0/s1. The van der Waals surface area contributed by atoms with Crippen LogP contribution in [0.4, 0.5) is 0 Å². The third-order valence-electron chi connectivity index (χ3n) is 6.24. The van der Waals surface area contributed by atoms with Crippen molar-refractivity contribution in [2.24, 2.45) is 0 Å². The third-order valence-corrected chi connectivity index (χ3v) is 6.24. The summed E-state index contributed by atoms with van der Waals surface area (Å²) in [6, 6.07) is 15.3. The average Bonchev–Trinajstić information content (AvgIpc) is 3.08. The quantitative estimate of drug-likeness (QED) is 0.654. The van der Waals surface area contributed by atoms with Crippen molar-refractivity contribution in [2.45, 2.75) is 45.6 Å². The van der Waals surface area contributed by atoms with E-state index in [4.69, 9.17) is 0 Å². The number of carbonyl (C=O) groups is 2. The molecule has 0 unspecified atom stereocenters. The highest BCUT2D eigenvalue weighted by Crippen LogP contribution is 2.28. The number of nitrogens with zero attached hydrogens (tertiary/aromatic N) is 1. The molecule has 0 radical (unpaired) electrons. The minimum absolute atomic E-state index is 0.0625. The van der Waals surface area contributed by atoms with E-state index in [2.05, 4.69) is 17.2 Å². The lowest BCUT2D eigenvalue weighted by Crippen LogP contribution is -2.45. The Morgan fingerprint density at radius 3 is 2.67 bits per heavy atom. The molecule has 1 aromatic heterocycles. The topological polar surface area (TPSA) is 65.2 Å². The second kappa shape index (κ2) is 8.74. The molecule has 2 amide bonds. The van der Waals surface area contributed by atoms with Crippen LogP contribution in [0.25, 0.3) is 10.9 Å². The first-order valence-corrected chi connectivity index (χ1v) is 10.8. The van der Waals surface area contributed by atoms with Gasteiger partial charge in [0.05, 0.1) is 0 Å². The second-order valence-corrected chi connectivity index (χ2v) is 8.16. The number of hydrogen-bond donors (Lipinski definition) is 2. The van der Waals surface area contributed by atoms with Crippen LogP contribution in [0.2, 0.25) is 0 Å². The van der Waals surface area contributed by atoms with E-state index in [1.807, 2.05) is 60.4 Å². The number of likely N-dealkylation sites (tertiary alicyclic amines) is 1. The summed E-state index contributed by atoms with van der Waals surface area (Å²) >= 11 is 0. The van der Waals surface area contributed by atoms with Gasteiger partial charge in [0.1, 0.15) is 0 Å². The van der Waals surface area contributed by atoms with Gasteiger partial charge in [0, 0.05) is 46.9 Å². The Balaban J connectivity index is 1.47. The van der Waals surface area contributed by atoms with E-state index in [1.54, 1.807) is 0 Å². The number of piperidine rings is 1. The Labute approximate surface area is 177 Å². The van der Waals surface area contributed by atoms with Crippen LogP contribution in [-0.2, 0) is 0 Å². The van der Waals surface area contributed by atoms with Crippen molar-refractivity contribution >= 4 is 22.7 Å². The third kappa shape index (κ3) is 3.97. The Hall–Kier alpha value is -3.08. The number of rotatable bonds is 5. The summed E-state index contributed by atoms with van der Waals surface area (Å²) in [5.74, 6) is 0.0364. The van der Waals surface area contributed by atoms with Gasteiger partial charge in [-0.1, -0.05) is 24.3 Å². The molecule has 156 valence electrons. The summed E-state index contributed by atoms with van der Waals surface area (Å²) in [5, 5.41) is 4.04. The van der Waals surface area contributed by atoms with Crippen LogP contribution >= 0.6 is 0 Å². The first kappa shape index (κ1) is 20.2. The summed E-state index contributed by atoms with van der Waals surface area (Å²) in [6.07, 6.45) is 3.90. The number of hydrogen-bond acceptors (Lipinski definition) is 2. The van der Waals surface area contributed by atoms with Gasteiger partial charge in [-0.15, -0.1) is 0 Å². The van der Waals surface area contributed by atoms with Gasteiger partial charge in [-0.25, -0.2) is 0 Å². The van der Waals surface area contributed by atoms with Crippen LogP contribution in [0.1, 0.15) is 57.7 Å². The van der Waals surface area contributed by atoms with E-state index in [-0.39, 0.29) is 17.9 Å². The van der Waals surface area contributed by atoms with Crippen LogP contribution in [-0.4, -0.2) is 40.8 Å². The lowest BCUT2D eigenvalue weighted by Gasteiger charge is -2.36. The average molecular weight is 404 g/mol. The van der Waals surface area contributed by atoms with Gasteiger partial charge < -0.3 is 15.2 Å². The first-order valence-electron chi connectivity index (χ1n) is 10.8. The molecular weight excluding hydrogens is 374 g/mol. The molecule has 0 saturated carbocycles. The number of carbonyl (C=O) groups excluding carboxylic acids is 2. The van der Waals surface area contributed by atoms with Crippen molar-refractivity contribution < 1.29 is 9.59 Å². The summed E-state index contributed by atoms with van der Waals surface area (Å²) in [7, 11) is 0. The monoisotopic (exact) mass is 403 g/mol. The van der Waals surface area contributed by atoms with E-state index in [1.165, 1.54) is 0 Å². The van der Waals surface area contributed by atoms with Crippen molar-refractivity contribution in [3.8, 4) is 0 Å². The van der Waals surface area contributed by atoms with Gasteiger partial charge in [0.2, 0.25) is 0 Å². The van der Waals surface area contributed by atoms with Gasteiger partial charge >= 0.3 is 0 Å². The molecule has 5 heteroatoms. The number of nitrogens with one attached hydrogen (secondary N) is 2. The molecule has 1 aliphatic heterocycles. The summed E-state index contributed by atoms with van der Waals surface area (Å²) in [6.45, 7) is 5.45. The highest BCUT2D eigenvalue weighted by molar-refractivity contribution is 6.08. The second-order valence-electron chi connectivity index (χ2n) is 8.16. The van der Waals surface area contributed by atoms with Gasteiger partial charge in [0.15, 0.2) is 0 Å². The fourth-order valence-electron chi connectivity index (χ4n) is 4.49. The van der Waals surface area contributed by atoms with Gasteiger partial charge in [-0.3, -0.25) is 9.59 Å². The number of fused-ring (bicyclic) bond motifs is 1. The molecule has 0 spiro atoms. The number of benzene rings is 2. The van der Waals surface area contributed by atoms with Crippen LogP contribution < -0.4 is 5.32 Å². The molecule has 2 heterocycles. The first-order chi connectivity index (χ1) is 14.6. The fraction of sp³-hybridized carbons (Fsp3) is 0.360. The number of aromatic amines is 1. The molecule has 0 aliphatic carbocycles. The molecule has 1 fully saturated rings. The van der Waals surface area contributed by atoms with Crippen LogP contribution in [0.5, 0.6) is 0 Å². The summed E-state index contributed by atoms with van der Waals surface area (Å²) < 4.78 is 0. The lowest BCUT2D eigenvalue weighted by atomic mass is 9.96. The summed E-state index contributed by atoms with van der Waals surface area (Å²) in [4.78, 5) is 31.2. The molecule has 30 heavy (non-hydrogen) atoms. The van der Waals surface area contributed by atoms with Crippen LogP contribution in [0, 0.1) is 13.8 Å². The normalized spacial score (nSPS) is 16.6. The Bertz CT molecular complexity index is 1050. The van der Waals surface area contributed by atoms with Crippen molar-refractivity contribution in [1.82, 2.24) is 15.2 Å². The lowest BCUT2D eigenvalue weighted by molar-refractivity contribution is 0.0603. The molecule has 1 aliphatic rings. The number of amides is 2.